The van der Waals surface area contributed by atoms with Crippen molar-refractivity contribution in [2.24, 2.45) is 5.92 Å². The van der Waals surface area contributed by atoms with E-state index < -0.39 is 0 Å². The Morgan fingerprint density at radius 3 is 2.95 bits per heavy atom. The molecule has 3 rings (SSSR count). The summed E-state index contributed by atoms with van der Waals surface area (Å²) >= 11 is 0. The molecule has 0 aromatic heterocycles. The third kappa shape index (κ3) is 2.67. The summed E-state index contributed by atoms with van der Waals surface area (Å²) in [5, 5.41) is 3.68. The molecule has 2 aliphatic rings. The Bertz CT molecular complexity index is 486. The molecule has 0 spiro atoms. The molecule has 1 saturated carbocycles. The van der Waals surface area contributed by atoms with Crippen molar-refractivity contribution in [3.05, 3.63) is 24.3 Å². The monoisotopic (exact) mass is 272 g/mol. The van der Waals surface area contributed by atoms with Crippen molar-refractivity contribution in [2.75, 3.05) is 16.8 Å². The van der Waals surface area contributed by atoms with Crippen molar-refractivity contribution in [3.63, 3.8) is 0 Å². The zero-order chi connectivity index (χ0) is 13.9. The fraction of sp³-hybridized carbons (Fsp3) is 0.588. The Labute approximate surface area is 121 Å². The number of hydrogen-bond donors (Lipinski definition) is 1. The highest BCUT2D eigenvalue weighted by Crippen LogP contribution is 2.32. The molecule has 1 aromatic rings. The van der Waals surface area contributed by atoms with Crippen LogP contribution in [0.15, 0.2) is 24.3 Å². The van der Waals surface area contributed by atoms with Gasteiger partial charge in [-0.2, -0.15) is 0 Å². The van der Waals surface area contributed by atoms with Crippen molar-refractivity contribution in [1.29, 1.82) is 0 Å². The minimum absolute atomic E-state index is 0.259. The van der Waals surface area contributed by atoms with Gasteiger partial charge in [0.15, 0.2) is 0 Å². The highest BCUT2D eigenvalue weighted by molar-refractivity contribution is 5.95. The second-order valence-electron chi connectivity index (χ2n) is 6.05. The number of rotatable bonds is 4. The first-order valence-corrected chi connectivity index (χ1v) is 7.95. The van der Waals surface area contributed by atoms with Crippen LogP contribution in [0.25, 0.3) is 0 Å². The molecule has 1 aliphatic heterocycles. The van der Waals surface area contributed by atoms with Crippen LogP contribution in [0.2, 0.25) is 0 Å². The van der Waals surface area contributed by atoms with Crippen LogP contribution in [0.4, 0.5) is 11.4 Å². The number of anilines is 2. The Morgan fingerprint density at radius 2 is 2.20 bits per heavy atom. The van der Waals surface area contributed by atoms with Crippen LogP contribution in [0.5, 0.6) is 0 Å². The lowest BCUT2D eigenvalue weighted by Gasteiger charge is -2.22. The van der Waals surface area contributed by atoms with Gasteiger partial charge in [0, 0.05) is 30.4 Å². The van der Waals surface area contributed by atoms with Gasteiger partial charge in [0.2, 0.25) is 5.91 Å². The van der Waals surface area contributed by atoms with E-state index in [0.29, 0.717) is 12.5 Å². The molecule has 1 aliphatic carbocycles. The Balaban J connectivity index is 1.72. The number of amides is 1. The van der Waals surface area contributed by atoms with Crippen LogP contribution in [-0.2, 0) is 4.79 Å². The Morgan fingerprint density at radius 1 is 1.30 bits per heavy atom. The number of carbonyl (C=O) groups excluding carboxylic acids is 1. The first-order chi connectivity index (χ1) is 9.78. The van der Waals surface area contributed by atoms with E-state index in [1.165, 1.54) is 25.7 Å². The van der Waals surface area contributed by atoms with Gasteiger partial charge in [-0.05, 0) is 43.4 Å². The van der Waals surface area contributed by atoms with Crippen molar-refractivity contribution in [2.45, 2.75) is 51.5 Å². The average Bonchev–Trinajstić information content (AvgIpc) is 3.08. The van der Waals surface area contributed by atoms with E-state index in [4.69, 9.17) is 0 Å². The number of carbonyl (C=O) groups is 1. The van der Waals surface area contributed by atoms with Crippen molar-refractivity contribution < 1.29 is 4.79 Å². The lowest BCUT2D eigenvalue weighted by Crippen LogP contribution is -2.25. The smallest absolute Gasteiger partial charge is 0.227 e. The molecule has 3 heteroatoms. The zero-order valence-electron chi connectivity index (χ0n) is 12.3. The van der Waals surface area contributed by atoms with Gasteiger partial charge in [-0.3, -0.25) is 4.79 Å². The minimum Gasteiger partial charge on any atom is -0.382 e. The van der Waals surface area contributed by atoms with Gasteiger partial charge in [0.05, 0.1) is 0 Å². The van der Waals surface area contributed by atoms with Crippen LogP contribution in [-0.4, -0.2) is 18.5 Å². The second-order valence-corrected chi connectivity index (χ2v) is 6.05. The van der Waals surface area contributed by atoms with E-state index in [2.05, 4.69) is 30.4 Å². The molecule has 2 atom stereocenters. The van der Waals surface area contributed by atoms with Gasteiger partial charge in [-0.15, -0.1) is 0 Å². The predicted molar refractivity (Wildman–Crippen MR) is 83.1 cm³/mol. The lowest BCUT2D eigenvalue weighted by atomic mass is 10.0. The summed E-state index contributed by atoms with van der Waals surface area (Å²) < 4.78 is 0. The highest BCUT2D eigenvalue weighted by atomic mass is 16.2. The molecule has 1 heterocycles. The first kappa shape index (κ1) is 13.5. The number of nitrogens with zero attached hydrogens (tertiary/aromatic N) is 1. The van der Waals surface area contributed by atoms with Gasteiger partial charge in [-0.1, -0.05) is 25.8 Å². The normalized spacial score (nSPS) is 26.2. The van der Waals surface area contributed by atoms with E-state index in [0.717, 1.165) is 30.3 Å². The molecular weight excluding hydrogens is 248 g/mol. The molecule has 0 radical (unpaired) electrons. The van der Waals surface area contributed by atoms with Crippen LogP contribution >= 0.6 is 0 Å². The molecule has 1 saturated heterocycles. The summed E-state index contributed by atoms with van der Waals surface area (Å²) in [6, 6.07) is 8.95. The predicted octanol–water partition coefficient (Wildman–Crippen LogP) is 3.80. The summed E-state index contributed by atoms with van der Waals surface area (Å²) in [6.45, 7) is 3.15. The lowest BCUT2D eigenvalue weighted by molar-refractivity contribution is -0.117. The van der Waals surface area contributed by atoms with Gasteiger partial charge in [0.25, 0.3) is 0 Å². The second kappa shape index (κ2) is 5.86. The molecule has 1 aromatic carbocycles. The molecule has 2 unspecified atom stereocenters. The standard InChI is InChI=1S/C17H24N2O/c1-2-13-6-3-9-16(13)18-14-7-4-8-15(12-14)19-11-5-10-17(19)20/h4,7-8,12-13,16,18H,2-3,5-6,9-11H2,1H3. The average molecular weight is 272 g/mol. The van der Waals surface area contributed by atoms with Crippen LogP contribution in [0.3, 0.4) is 0 Å². The SMILES string of the molecule is CCC1CCCC1Nc1cccc(N2CCCC2=O)c1. The molecule has 1 N–H and O–H groups in total. The van der Waals surface area contributed by atoms with Crippen molar-refractivity contribution in [1.82, 2.24) is 0 Å². The molecule has 108 valence electrons. The van der Waals surface area contributed by atoms with E-state index in [1.807, 2.05) is 11.0 Å². The number of nitrogens with one attached hydrogen (secondary N) is 1. The third-order valence-corrected chi connectivity index (χ3v) is 4.77. The van der Waals surface area contributed by atoms with Crippen LogP contribution in [0.1, 0.15) is 45.4 Å². The van der Waals surface area contributed by atoms with Gasteiger partial charge in [-0.25, -0.2) is 0 Å². The summed E-state index contributed by atoms with van der Waals surface area (Å²) in [5.41, 5.74) is 2.20. The quantitative estimate of drug-likeness (QED) is 0.904. The molecule has 20 heavy (non-hydrogen) atoms. The van der Waals surface area contributed by atoms with Crippen molar-refractivity contribution >= 4 is 17.3 Å². The van der Waals surface area contributed by atoms with Gasteiger partial charge >= 0.3 is 0 Å². The molecule has 0 bridgehead atoms. The third-order valence-electron chi connectivity index (χ3n) is 4.77. The zero-order valence-corrected chi connectivity index (χ0v) is 12.3. The van der Waals surface area contributed by atoms with E-state index in [9.17, 15) is 4.79 Å². The Kier molecular flexibility index (Phi) is 3.95. The molecule has 1 amide bonds. The molecule has 3 nitrogen and oxygen atoms in total. The van der Waals surface area contributed by atoms with Gasteiger partial charge < -0.3 is 10.2 Å². The first-order valence-electron chi connectivity index (χ1n) is 7.95. The molecular formula is C17H24N2O. The van der Waals surface area contributed by atoms with E-state index in [-0.39, 0.29) is 5.91 Å². The molecule has 2 fully saturated rings. The summed E-state index contributed by atoms with van der Waals surface area (Å²) in [5.74, 6) is 1.06. The summed E-state index contributed by atoms with van der Waals surface area (Å²) in [6.07, 6.45) is 6.88. The fourth-order valence-electron chi connectivity index (χ4n) is 3.61. The largest absolute Gasteiger partial charge is 0.382 e. The number of benzene rings is 1. The summed E-state index contributed by atoms with van der Waals surface area (Å²) in [7, 11) is 0. The fourth-order valence-corrected chi connectivity index (χ4v) is 3.61. The minimum atomic E-state index is 0.259. The summed E-state index contributed by atoms with van der Waals surface area (Å²) in [4.78, 5) is 13.7. The maximum Gasteiger partial charge on any atom is 0.227 e. The van der Waals surface area contributed by atoms with E-state index in [1.54, 1.807) is 0 Å². The van der Waals surface area contributed by atoms with Gasteiger partial charge in [0.1, 0.15) is 0 Å². The topological polar surface area (TPSA) is 32.3 Å². The van der Waals surface area contributed by atoms with Crippen molar-refractivity contribution in [3.8, 4) is 0 Å². The van der Waals surface area contributed by atoms with Crippen LogP contribution < -0.4 is 10.2 Å². The highest BCUT2D eigenvalue weighted by Gasteiger charge is 2.26. The van der Waals surface area contributed by atoms with E-state index >= 15 is 0 Å². The maximum absolute atomic E-state index is 11.8. The van der Waals surface area contributed by atoms with Crippen LogP contribution in [0, 0.1) is 5.92 Å². The Hall–Kier alpha value is -1.51. The maximum atomic E-state index is 11.8. The number of hydrogen-bond acceptors (Lipinski definition) is 2.